The first-order valence-corrected chi connectivity index (χ1v) is 8.67. The van der Waals surface area contributed by atoms with E-state index in [9.17, 15) is 0 Å². The Morgan fingerprint density at radius 2 is 1.87 bits per heavy atom. The van der Waals surface area contributed by atoms with Gasteiger partial charge in [0.1, 0.15) is 0 Å². The Morgan fingerprint density at radius 3 is 2.43 bits per heavy atom. The van der Waals surface area contributed by atoms with Gasteiger partial charge in [0, 0.05) is 46.0 Å². The Balaban J connectivity index is 2.84. The van der Waals surface area contributed by atoms with E-state index in [2.05, 4.69) is 101 Å². The molecule has 1 aliphatic rings. The van der Waals surface area contributed by atoms with Gasteiger partial charge in [-0.15, -0.1) is 0 Å². The Kier molecular flexibility index (Phi) is 7.94. The third kappa shape index (κ3) is 6.13. The molecule has 0 radical (unpaired) electrons. The van der Waals surface area contributed by atoms with Gasteiger partial charge < -0.3 is 9.80 Å². The van der Waals surface area contributed by atoms with Crippen LogP contribution in [0.3, 0.4) is 0 Å². The van der Waals surface area contributed by atoms with E-state index in [1.807, 2.05) is 0 Å². The summed E-state index contributed by atoms with van der Waals surface area (Å²) in [6, 6.07) is 0. The quantitative estimate of drug-likeness (QED) is 0.610. The minimum atomic E-state index is 0.500. The van der Waals surface area contributed by atoms with E-state index in [0.29, 0.717) is 11.8 Å². The van der Waals surface area contributed by atoms with Crippen LogP contribution in [0.1, 0.15) is 33.6 Å². The number of rotatable bonds is 7. The van der Waals surface area contributed by atoms with Crippen molar-refractivity contribution in [1.29, 1.82) is 0 Å². The summed E-state index contributed by atoms with van der Waals surface area (Å²) in [5.74, 6) is 1.01. The molecule has 0 aromatic rings. The highest BCUT2D eigenvalue weighted by Gasteiger charge is 2.14. The largest absolute Gasteiger partial charge is 0.381 e. The van der Waals surface area contributed by atoms with Crippen molar-refractivity contribution < 1.29 is 0 Å². The zero-order chi connectivity index (χ0) is 17.4. The lowest BCUT2D eigenvalue weighted by Gasteiger charge is -2.19. The van der Waals surface area contributed by atoms with E-state index in [0.717, 1.165) is 12.8 Å². The van der Waals surface area contributed by atoms with Gasteiger partial charge in [-0.05, 0) is 36.0 Å². The van der Waals surface area contributed by atoms with E-state index in [1.54, 1.807) is 0 Å². The number of hydrogen-bond donors (Lipinski definition) is 0. The first kappa shape index (κ1) is 19.3. The van der Waals surface area contributed by atoms with Gasteiger partial charge in [0.15, 0.2) is 0 Å². The zero-order valence-electron chi connectivity index (χ0n) is 16.0. The first-order chi connectivity index (χ1) is 10.9. The molecule has 128 valence electrons. The van der Waals surface area contributed by atoms with E-state index in [1.165, 1.54) is 17.0 Å². The molecule has 0 heterocycles. The Morgan fingerprint density at radius 1 is 1.17 bits per heavy atom. The summed E-state index contributed by atoms with van der Waals surface area (Å²) in [5.41, 5.74) is 4.05. The first-order valence-electron chi connectivity index (χ1n) is 8.67. The molecule has 1 rings (SSSR count). The normalized spacial score (nSPS) is 18.3. The Hall–Kier alpha value is -1.70. The summed E-state index contributed by atoms with van der Waals surface area (Å²) in [4.78, 5) is 4.37. The van der Waals surface area contributed by atoms with Gasteiger partial charge in [-0.1, -0.05) is 51.2 Å². The van der Waals surface area contributed by atoms with Crippen LogP contribution in [0.5, 0.6) is 0 Å². The molecule has 0 N–H and O–H groups in total. The fraction of sp³-hybridized carbons (Fsp3) is 0.524. The standard InChI is InChI=1S/C21H34N2/c1-8-10-20(22(4)5)15-13-17(2)18(3)19-11-9-12-21(16-14-19)23(6)7/h9-11,13-18H,8,12H2,1-7H3/b15-13-,20-10+. The van der Waals surface area contributed by atoms with Gasteiger partial charge in [0.2, 0.25) is 0 Å². The maximum atomic E-state index is 2.34. The fourth-order valence-electron chi connectivity index (χ4n) is 2.60. The van der Waals surface area contributed by atoms with Crippen LogP contribution in [-0.4, -0.2) is 38.0 Å². The molecule has 0 amide bonds. The summed E-state index contributed by atoms with van der Waals surface area (Å²) in [6.45, 7) is 6.80. The molecule has 2 atom stereocenters. The summed E-state index contributed by atoms with van der Waals surface area (Å²) in [6.07, 6.45) is 18.0. The molecule has 0 fully saturated rings. The predicted molar refractivity (Wildman–Crippen MR) is 103 cm³/mol. The number of allylic oxidation sites excluding steroid dienone is 8. The molecular weight excluding hydrogens is 280 g/mol. The smallest absolute Gasteiger partial charge is 0.0317 e. The third-order valence-electron chi connectivity index (χ3n) is 4.49. The van der Waals surface area contributed by atoms with Crippen molar-refractivity contribution in [1.82, 2.24) is 9.80 Å². The van der Waals surface area contributed by atoms with Crippen LogP contribution in [0.2, 0.25) is 0 Å². The van der Waals surface area contributed by atoms with Crippen LogP contribution >= 0.6 is 0 Å². The highest BCUT2D eigenvalue weighted by atomic mass is 15.1. The highest BCUT2D eigenvalue weighted by Crippen LogP contribution is 2.26. The molecule has 2 heteroatoms. The second kappa shape index (κ2) is 9.44. The molecule has 2 nitrogen and oxygen atoms in total. The van der Waals surface area contributed by atoms with Crippen LogP contribution in [0.4, 0.5) is 0 Å². The highest BCUT2D eigenvalue weighted by molar-refractivity contribution is 5.33. The maximum Gasteiger partial charge on any atom is 0.0317 e. The van der Waals surface area contributed by atoms with Gasteiger partial charge in [-0.2, -0.15) is 0 Å². The second-order valence-electron chi connectivity index (χ2n) is 6.76. The lowest BCUT2D eigenvalue weighted by Crippen LogP contribution is -2.11. The maximum absolute atomic E-state index is 2.34. The van der Waals surface area contributed by atoms with E-state index in [4.69, 9.17) is 0 Å². The topological polar surface area (TPSA) is 6.48 Å². The molecule has 2 unspecified atom stereocenters. The van der Waals surface area contributed by atoms with Crippen molar-refractivity contribution in [3.63, 3.8) is 0 Å². The molecule has 0 aromatic heterocycles. The second-order valence-corrected chi connectivity index (χ2v) is 6.76. The van der Waals surface area contributed by atoms with Crippen molar-refractivity contribution >= 4 is 0 Å². The van der Waals surface area contributed by atoms with Crippen LogP contribution in [0, 0.1) is 11.8 Å². The van der Waals surface area contributed by atoms with Gasteiger partial charge in [0.25, 0.3) is 0 Å². The zero-order valence-corrected chi connectivity index (χ0v) is 16.0. The van der Waals surface area contributed by atoms with Crippen LogP contribution < -0.4 is 0 Å². The van der Waals surface area contributed by atoms with Gasteiger partial charge >= 0.3 is 0 Å². The molecular formula is C21H34N2. The number of hydrogen-bond acceptors (Lipinski definition) is 2. The summed E-state index contributed by atoms with van der Waals surface area (Å²) in [5, 5.41) is 0. The number of likely N-dealkylation sites (N-methyl/N-ethyl adjacent to an activating group) is 1. The summed E-state index contributed by atoms with van der Waals surface area (Å²) in [7, 11) is 8.42. The SMILES string of the molecule is CC/C=C(\C=C/C(C)C(C)C1=CC=C(N(C)C)CC=C1)N(C)C. The average molecular weight is 315 g/mol. The fourth-order valence-corrected chi connectivity index (χ4v) is 2.60. The van der Waals surface area contributed by atoms with Crippen molar-refractivity contribution in [2.45, 2.75) is 33.6 Å². The summed E-state index contributed by atoms with van der Waals surface area (Å²) >= 11 is 0. The van der Waals surface area contributed by atoms with Crippen molar-refractivity contribution in [2.24, 2.45) is 11.8 Å². The van der Waals surface area contributed by atoms with E-state index < -0.39 is 0 Å². The third-order valence-corrected chi connectivity index (χ3v) is 4.49. The van der Waals surface area contributed by atoms with E-state index >= 15 is 0 Å². The minimum Gasteiger partial charge on any atom is -0.381 e. The molecule has 0 saturated carbocycles. The monoisotopic (exact) mass is 314 g/mol. The molecule has 1 aliphatic carbocycles. The average Bonchev–Trinajstić information content (AvgIpc) is 2.76. The lowest BCUT2D eigenvalue weighted by molar-refractivity contribution is 0.501. The summed E-state index contributed by atoms with van der Waals surface area (Å²) < 4.78 is 0. The van der Waals surface area contributed by atoms with Crippen LogP contribution in [-0.2, 0) is 0 Å². The number of nitrogens with zero attached hydrogens (tertiary/aromatic N) is 2. The predicted octanol–water partition coefficient (Wildman–Crippen LogP) is 5.00. The van der Waals surface area contributed by atoms with Crippen molar-refractivity contribution in [2.75, 3.05) is 28.2 Å². The van der Waals surface area contributed by atoms with Gasteiger partial charge in [-0.3, -0.25) is 0 Å². The van der Waals surface area contributed by atoms with Gasteiger partial charge in [-0.25, -0.2) is 0 Å². The van der Waals surface area contributed by atoms with Crippen molar-refractivity contribution in [3.05, 3.63) is 59.5 Å². The molecule has 0 saturated heterocycles. The molecule has 0 aliphatic heterocycles. The van der Waals surface area contributed by atoms with Crippen LogP contribution in [0.25, 0.3) is 0 Å². The van der Waals surface area contributed by atoms with Gasteiger partial charge in [0.05, 0.1) is 0 Å². The van der Waals surface area contributed by atoms with Crippen molar-refractivity contribution in [3.8, 4) is 0 Å². The molecule has 0 bridgehead atoms. The minimum absolute atomic E-state index is 0.500. The lowest BCUT2D eigenvalue weighted by atomic mass is 9.87. The van der Waals surface area contributed by atoms with Crippen LogP contribution in [0.15, 0.2) is 59.5 Å². The Labute approximate surface area is 143 Å². The Bertz CT molecular complexity index is 516. The molecule has 0 spiro atoms. The van der Waals surface area contributed by atoms with E-state index in [-0.39, 0.29) is 0 Å². The molecule has 23 heavy (non-hydrogen) atoms. The molecule has 0 aromatic carbocycles.